The van der Waals surface area contributed by atoms with E-state index >= 15 is 0 Å². The largest absolute Gasteiger partial charge is 0.439 e. The van der Waals surface area contributed by atoms with Gasteiger partial charge in [0.25, 0.3) is 0 Å². The summed E-state index contributed by atoms with van der Waals surface area (Å²) < 4.78 is 5.27. The van der Waals surface area contributed by atoms with Gasteiger partial charge in [0.2, 0.25) is 0 Å². The van der Waals surface area contributed by atoms with Gasteiger partial charge in [-0.3, -0.25) is 0 Å². The molecule has 1 aliphatic heterocycles. The number of benzene rings is 1. The third-order valence-electron chi connectivity index (χ3n) is 3.43. The molecule has 86 valence electrons. The van der Waals surface area contributed by atoms with Gasteiger partial charge >= 0.3 is 6.09 Å². The van der Waals surface area contributed by atoms with Crippen molar-refractivity contribution in [2.75, 3.05) is 6.54 Å². The Morgan fingerprint density at radius 1 is 1.19 bits per heavy atom. The van der Waals surface area contributed by atoms with Gasteiger partial charge in [0.1, 0.15) is 6.10 Å². The number of carbonyl (C=O) groups excluding carboxylic acids is 1. The fourth-order valence-electron chi connectivity index (χ4n) is 2.28. The van der Waals surface area contributed by atoms with Crippen LogP contribution in [0.1, 0.15) is 33.9 Å². The Morgan fingerprint density at radius 3 is 2.19 bits per heavy atom. The Bertz CT molecular complexity index is 425. The average Bonchev–Trinajstić information content (AvgIpc) is 2.62. The van der Waals surface area contributed by atoms with Crippen molar-refractivity contribution in [3.63, 3.8) is 0 Å². The highest BCUT2D eigenvalue weighted by molar-refractivity contribution is 5.70. The molecule has 0 aliphatic carbocycles. The van der Waals surface area contributed by atoms with Crippen LogP contribution in [0.25, 0.3) is 0 Å². The van der Waals surface area contributed by atoms with Crippen LogP contribution in [0.4, 0.5) is 4.79 Å². The SMILES string of the molecule is Cc1cc(C)c(C)c(C2CNC(=O)O2)c1C. The van der Waals surface area contributed by atoms with E-state index in [-0.39, 0.29) is 12.2 Å². The number of aryl methyl sites for hydroxylation is 2. The first kappa shape index (κ1) is 11.0. The molecule has 1 heterocycles. The molecule has 3 heteroatoms. The van der Waals surface area contributed by atoms with E-state index in [9.17, 15) is 4.79 Å². The average molecular weight is 219 g/mol. The van der Waals surface area contributed by atoms with Crippen LogP contribution >= 0.6 is 0 Å². The minimum atomic E-state index is -0.317. The van der Waals surface area contributed by atoms with Gasteiger partial charge in [-0.2, -0.15) is 0 Å². The number of nitrogens with one attached hydrogen (secondary N) is 1. The van der Waals surface area contributed by atoms with E-state index in [1.807, 2.05) is 0 Å². The fraction of sp³-hybridized carbons (Fsp3) is 0.462. The Labute approximate surface area is 95.8 Å². The van der Waals surface area contributed by atoms with Crippen LogP contribution in [0.2, 0.25) is 0 Å². The van der Waals surface area contributed by atoms with Gasteiger partial charge in [-0.25, -0.2) is 4.79 Å². The molecule has 1 atom stereocenters. The highest BCUT2D eigenvalue weighted by atomic mass is 16.6. The topological polar surface area (TPSA) is 38.3 Å². The molecule has 1 unspecified atom stereocenters. The van der Waals surface area contributed by atoms with E-state index in [2.05, 4.69) is 39.1 Å². The second-order valence-electron chi connectivity index (χ2n) is 4.45. The first-order chi connectivity index (χ1) is 7.50. The van der Waals surface area contributed by atoms with Gasteiger partial charge in [-0.1, -0.05) is 6.07 Å². The van der Waals surface area contributed by atoms with Gasteiger partial charge in [0.15, 0.2) is 0 Å². The summed E-state index contributed by atoms with van der Waals surface area (Å²) in [5.74, 6) is 0. The maximum absolute atomic E-state index is 11.1. The van der Waals surface area contributed by atoms with Crippen molar-refractivity contribution in [1.82, 2.24) is 5.32 Å². The molecule has 2 rings (SSSR count). The lowest BCUT2D eigenvalue weighted by Gasteiger charge is -2.18. The molecule has 1 aromatic carbocycles. The first-order valence-electron chi connectivity index (χ1n) is 5.52. The van der Waals surface area contributed by atoms with Crippen LogP contribution in [0, 0.1) is 27.7 Å². The molecule has 1 aromatic rings. The zero-order chi connectivity index (χ0) is 11.9. The lowest BCUT2D eigenvalue weighted by molar-refractivity contribution is 0.140. The summed E-state index contributed by atoms with van der Waals surface area (Å²) in [7, 11) is 0. The van der Waals surface area contributed by atoms with Crippen molar-refractivity contribution in [2.45, 2.75) is 33.8 Å². The Kier molecular flexibility index (Phi) is 2.62. The molecular formula is C13H17NO2. The normalized spacial score (nSPS) is 19.5. The molecule has 3 nitrogen and oxygen atoms in total. The van der Waals surface area contributed by atoms with E-state index in [0.29, 0.717) is 6.54 Å². The molecular weight excluding hydrogens is 202 g/mol. The monoisotopic (exact) mass is 219 g/mol. The molecule has 1 amide bonds. The lowest BCUT2D eigenvalue weighted by Crippen LogP contribution is -2.13. The number of rotatable bonds is 1. The quantitative estimate of drug-likeness (QED) is 0.788. The third-order valence-corrected chi connectivity index (χ3v) is 3.43. The van der Waals surface area contributed by atoms with E-state index in [1.54, 1.807) is 0 Å². The van der Waals surface area contributed by atoms with Crippen LogP contribution < -0.4 is 5.32 Å². The second-order valence-corrected chi connectivity index (χ2v) is 4.45. The van der Waals surface area contributed by atoms with Crippen molar-refractivity contribution >= 4 is 6.09 Å². The number of ether oxygens (including phenoxy) is 1. The molecule has 0 spiro atoms. The molecule has 1 N–H and O–H groups in total. The van der Waals surface area contributed by atoms with Gasteiger partial charge in [0.05, 0.1) is 6.54 Å². The number of amides is 1. The Hall–Kier alpha value is -1.51. The standard InChI is InChI=1S/C13H17NO2/c1-7-5-8(2)10(4)12(9(7)3)11-6-14-13(15)16-11/h5,11H,6H2,1-4H3,(H,14,15). The highest BCUT2D eigenvalue weighted by Gasteiger charge is 2.27. The zero-order valence-corrected chi connectivity index (χ0v) is 10.2. The molecule has 1 fully saturated rings. The highest BCUT2D eigenvalue weighted by Crippen LogP contribution is 2.30. The Balaban J connectivity index is 2.51. The predicted molar refractivity (Wildman–Crippen MR) is 62.6 cm³/mol. The maximum Gasteiger partial charge on any atom is 0.407 e. The molecule has 0 bridgehead atoms. The fourth-order valence-corrected chi connectivity index (χ4v) is 2.28. The Morgan fingerprint density at radius 2 is 1.75 bits per heavy atom. The summed E-state index contributed by atoms with van der Waals surface area (Å²) in [5.41, 5.74) is 6.12. The van der Waals surface area contributed by atoms with Gasteiger partial charge < -0.3 is 10.1 Å². The summed E-state index contributed by atoms with van der Waals surface area (Å²) in [5, 5.41) is 2.70. The number of hydrogen-bond acceptors (Lipinski definition) is 2. The minimum Gasteiger partial charge on any atom is -0.439 e. The van der Waals surface area contributed by atoms with Crippen molar-refractivity contribution in [2.24, 2.45) is 0 Å². The van der Waals surface area contributed by atoms with E-state index in [1.165, 1.54) is 22.3 Å². The van der Waals surface area contributed by atoms with Crippen molar-refractivity contribution in [3.8, 4) is 0 Å². The van der Waals surface area contributed by atoms with Crippen LogP contribution in [0.15, 0.2) is 6.07 Å². The first-order valence-corrected chi connectivity index (χ1v) is 5.52. The second kappa shape index (κ2) is 3.81. The van der Waals surface area contributed by atoms with Crippen molar-refractivity contribution in [3.05, 3.63) is 33.9 Å². The summed E-state index contributed by atoms with van der Waals surface area (Å²) in [6, 6.07) is 2.18. The van der Waals surface area contributed by atoms with E-state index < -0.39 is 0 Å². The maximum atomic E-state index is 11.1. The summed E-state index contributed by atoms with van der Waals surface area (Å²) in [6.07, 6.45) is -0.450. The molecule has 1 saturated heterocycles. The van der Waals surface area contributed by atoms with Crippen LogP contribution in [0.3, 0.4) is 0 Å². The number of alkyl carbamates (subject to hydrolysis) is 1. The van der Waals surface area contributed by atoms with Crippen LogP contribution in [0.5, 0.6) is 0 Å². The van der Waals surface area contributed by atoms with Crippen LogP contribution in [-0.4, -0.2) is 12.6 Å². The molecule has 0 aromatic heterocycles. The van der Waals surface area contributed by atoms with Gasteiger partial charge in [-0.15, -0.1) is 0 Å². The summed E-state index contributed by atoms with van der Waals surface area (Å²) in [6.45, 7) is 8.93. The van der Waals surface area contributed by atoms with E-state index in [4.69, 9.17) is 4.74 Å². The molecule has 0 saturated carbocycles. The minimum absolute atomic E-state index is 0.133. The number of carbonyl (C=O) groups is 1. The van der Waals surface area contributed by atoms with Gasteiger partial charge in [0, 0.05) is 5.56 Å². The predicted octanol–water partition coefficient (Wildman–Crippen LogP) is 2.70. The van der Waals surface area contributed by atoms with Gasteiger partial charge in [-0.05, 0) is 49.9 Å². The molecule has 0 radical (unpaired) electrons. The smallest absolute Gasteiger partial charge is 0.407 e. The summed E-state index contributed by atoms with van der Waals surface area (Å²) >= 11 is 0. The third kappa shape index (κ3) is 1.66. The van der Waals surface area contributed by atoms with Crippen molar-refractivity contribution < 1.29 is 9.53 Å². The molecule has 1 aliphatic rings. The molecule has 16 heavy (non-hydrogen) atoms. The van der Waals surface area contributed by atoms with Crippen LogP contribution in [-0.2, 0) is 4.74 Å². The zero-order valence-electron chi connectivity index (χ0n) is 10.2. The van der Waals surface area contributed by atoms with E-state index in [0.717, 1.165) is 5.56 Å². The number of cyclic esters (lactones) is 1. The number of hydrogen-bond donors (Lipinski definition) is 1. The summed E-state index contributed by atoms with van der Waals surface area (Å²) in [4.78, 5) is 11.1. The lowest BCUT2D eigenvalue weighted by atomic mass is 9.91. The van der Waals surface area contributed by atoms with Crippen molar-refractivity contribution in [1.29, 1.82) is 0 Å².